The Morgan fingerprint density at radius 3 is 2.30 bits per heavy atom. The predicted octanol–water partition coefficient (Wildman–Crippen LogP) is 8.89. The second kappa shape index (κ2) is 14.7. The Labute approximate surface area is 270 Å². The van der Waals surface area contributed by atoms with Crippen LogP contribution in [-0.4, -0.2) is 20.6 Å². The number of pyridine rings is 3. The van der Waals surface area contributed by atoms with Gasteiger partial charge in [-0.2, -0.15) is 0 Å². The summed E-state index contributed by atoms with van der Waals surface area (Å²) in [6.45, 7) is 12.9. The van der Waals surface area contributed by atoms with Crippen molar-refractivity contribution in [1.82, 2.24) is 14.5 Å². The molecule has 236 valence electrons. The molecule has 0 aliphatic carbocycles. The number of nitrogens with zero attached hydrogens (tertiary/aromatic N) is 3. The summed E-state index contributed by atoms with van der Waals surface area (Å²) in [5.41, 5.74) is 5.31. The standard InChI is InChI=1S/C38H41N5O3/c1-6-7-10-22-43-36-32(19-13-21-40-36)33(27-14-11-16-29(23-27)46-24-28-15-8-9-20-39-28)35(37(43)44)42-38(45)41-34-30(25(2)3)17-12-18-31(34)26(4)5/h6,8-9,11-21,23,25-26H,1,7,10,22,24H2,2-5H3,(H2,41,42,45). The number of hydrogen-bond donors (Lipinski definition) is 2. The Kier molecular flexibility index (Phi) is 10.3. The number of urea groups is 1. The number of nitrogens with one attached hydrogen (secondary N) is 2. The van der Waals surface area contributed by atoms with E-state index in [-0.39, 0.29) is 23.1 Å². The van der Waals surface area contributed by atoms with Crippen LogP contribution in [0.2, 0.25) is 0 Å². The summed E-state index contributed by atoms with van der Waals surface area (Å²) < 4.78 is 7.73. The third-order valence-electron chi connectivity index (χ3n) is 7.90. The molecule has 0 aliphatic heterocycles. The highest BCUT2D eigenvalue weighted by molar-refractivity contribution is 6.07. The zero-order valence-corrected chi connectivity index (χ0v) is 26.9. The van der Waals surface area contributed by atoms with Gasteiger partial charge < -0.3 is 15.4 Å². The Morgan fingerprint density at radius 1 is 0.891 bits per heavy atom. The Morgan fingerprint density at radius 2 is 1.61 bits per heavy atom. The lowest BCUT2D eigenvalue weighted by molar-refractivity contribution is 0.262. The summed E-state index contributed by atoms with van der Waals surface area (Å²) in [6.07, 6.45) is 6.68. The number of unbranched alkanes of at least 4 members (excludes halogenated alkanes) is 1. The molecule has 0 unspecified atom stereocenters. The number of carbonyl (C=O) groups excluding carboxylic acids is 1. The van der Waals surface area contributed by atoms with E-state index < -0.39 is 6.03 Å². The van der Waals surface area contributed by atoms with Gasteiger partial charge in [-0.15, -0.1) is 6.58 Å². The van der Waals surface area contributed by atoms with Crippen molar-refractivity contribution >= 4 is 28.4 Å². The van der Waals surface area contributed by atoms with Gasteiger partial charge in [0.1, 0.15) is 23.7 Å². The summed E-state index contributed by atoms with van der Waals surface area (Å²) in [5.74, 6) is 0.984. The normalized spacial score (nSPS) is 11.2. The van der Waals surface area contributed by atoms with Gasteiger partial charge in [0.05, 0.1) is 5.69 Å². The van der Waals surface area contributed by atoms with Crippen LogP contribution in [0.4, 0.5) is 16.2 Å². The van der Waals surface area contributed by atoms with Crippen LogP contribution in [0.5, 0.6) is 5.75 Å². The molecule has 2 amide bonds. The Hall–Kier alpha value is -5.24. The zero-order chi connectivity index (χ0) is 32.6. The lowest BCUT2D eigenvalue weighted by atomic mass is 9.93. The lowest BCUT2D eigenvalue weighted by Gasteiger charge is -2.22. The van der Waals surface area contributed by atoms with E-state index in [2.05, 4.69) is 54.9 Å². The van der Waals surface area contributed by atoms with E-state index in [1.54, 1.807) is 17.0 Å². The van der Waals surface area contributed by atoms with Gasteiger partial charge in [-0.25, -0.2) is 9.78 Å². The molecule has 3 aromatic heterocycles. The fourth-order valence-corrected chi connectivity index (χ4v) is 5.63. The average molecular weight is 616 g/mol. The molecule has 0 saturated heterocycles. The number of anilines is 2. The SMILES string of the molecule is C=CCCCn1c(=O)c(NC(=O)Nc2c(C(C)C)cccc2C(C)C)c(-c2cccc(OCc3ccccn3)c2)c2cccnc21. The maximum Gasteiger partial charge on any atom is 0.323 e. The molecule has 0 aliphatic rings. The van der Waals surface area contributed by atoms with Crippen molar-refractivity contribution in [2.24, 2.45) is 0 Å². The first-order chi connectivity index (χ1) is 22.3. The van der Waals surface area contributed by atoms with Crippen molar-refractivity contribution in [3.63, 3.8) is 0 Å². The molecule has 0 spiro atoms. The van der Waals surface area contributed by atoms with Crippen LogP contribution in [-0.2, 0) is 13.2 Å². The molecule has 0 fully saturated rings. The van der Waals surface area contributed by atoms with Crippen molar-refractivity contribution in [1.29, 1.82) is 0 Å². The number of hydrogen-bond acceptors (Lipinski definition) is 5. The maximum atomic E-state index is 14.3. The van der Waals surface area contributed by atoms with E-state index in [1.807, 2.05) is 78.9 Å². The van der Waals surface area contributed by atoms with Gasteiger partial charge in [0.25, 0.3) is 5.56 Å². The predicted molar refractivity (Wildman–Crippen MR) is 187 cm³/mol. The summed E-state index contributed by atoms with van der Waals surface area (Å²) in [7, 11) is 0. The third kappa shape index (κ3) is 7.18. The lowest BCUT2D eigenvalue weighted by Crippen LogP contribution is -2.30. The topological polar surface area (TPSA) is 98.1 Å². The van der Waals surface area contributed by atoms with Crippen LogP contribution in [0.15, 0.2) is 103 Å². The number of allylic oxidation sites excluding steroid dienone is 1. The summed E-state index contributed by atoms with van der Waals surface area (Å²) in [4.78, 5) is 37.2. The number of rotatable bonds is 12. The fraction of sp³-hybridized carbons (Fsp3) is 0.263. The second-order valence-electron chi connectivity index (χ2n) is 11.8. The van der Waals surface area contributed by atoms with Gasteiger partial charge in [0, 0.05) is 35.6 Å². The highest BCUT2D eigenvalue weighted by atomic mass is 16.5. The van der Waals surface area contributed by atoms with Crippen LogP contribution in [0.1, 0.15) is 69.2 Å². The van der Waals surface area contributed by atoms with E-state index in [0.29, 0.717) is 42.1 Å². The first-order valence-electron chi connectivity index (χ1n) is 15.7. The van der Waals surface area contributed by atoms with E-state index in [9.17, 15) is 9.59 Å². The Balaban J connectivity index is 1.61. The molecule has 5 aromatic rings. The van der Waals surface area contributed by atoms with Gasteiger partial charge in [-0.1, -0.05) is 70.2 Å². The van der Waals surface area contributed by atoms with Crippen LogP contribution in [0.25, 0.3) is 22.2 Å². The first-order valence-corrected chi connectivity index (χ1v) is 15.7. The van der Waals surface area contributed by atoms with Crippen molar-refractivity contribution < 1.29 is 9.53 Å². The molecule has 46 heavy (non-hydrogen) atoms. The molecule has 2 N–H and O–H groups in total. The van der Waals surface area contributed by atoms with E-state index in [4.69, 9.17) is 4.74 Å². The first kappa shape index (κ1) is 32.2. The van der Waals surface area contributed by atoms with Gasteiger partial charge in [-0.3, -0.25) is 14.3 Å². The molecule has 0 atom stereocenters. The summed E-state index contributed by atoms with van der Waals surface area (Å²) in [6, 6.07) is 22.5. The number of para-hydroxylation sites is 1. The molecule has 0 saturated carbocycles. The number of ether oxygens (including phenoxy) is 1. The van der Waals surface area contributed by atoms with Crippen molar-refractivity contribution in [3.8, 4) is 16.9 Å². The van der Waals surface area contributed by atoms with Crippen molar-refractivity contribution in [3.05, 3.63) is 125 Å². The van der Waals surface area contributed by atoms with Gasteiger partial charge in [0.2, 0.25) is 0 Å². The maximum absolute atomic E-state index is 14.3. The molecule has 3 heterocycles. The number of aryl methyl sites for hydroxylation is 1. The van der Waals surface area contributed by atoms with Crippen molar-refractivity contribution in [2.75, 3.05) is 10.6 Å². The monoisotopic (exact) mass is 615 g/mol. The number of carbonyl (C=O) groups is 1. The fourth-order valence-electron chi connectivity index (χ4n) is 5.63. The quantitative estimate of drug-likeness (QED) is 0.108. The van der Waals surface area contributed by atoms with Crippen LogP contribution >= 0.6 is 0 Å². The number of fused-ring (bicyclic) bond motifs is 1. The van der Waals surface area contributed by atoms with E-state index in [1.165, 1.54) is 0 Å². The van der Waals surface area contributed by atoms with Gasteiger partial charge >= 0.3 is 6.03 Å². The second-order valence-corrected chi connectivity index (χ2v) is 11.8. The molecule has 2 aromatic carbocycles. The minimum atomic E-state index is -0.489. The highest BCUT2D eigenvalue weighted by Crippen LogP contribution is 2.36. The Bertz CT molecular complexity index is 1870. The average Bonchev–Trinajstić information content (AvgIpc) is 3.06. The molecular weight excluding hydrogens is 574 g/mol. The van der Waals surface area contributed by atoms with Crippen LogP contribution < -0.4 is 20.9 Å². The molecule has 5 rings (SSSR count). The van der Waals surface area contributed by atoms with Gasteiger partial charge in [0.15, 0.2) is 0 Å². The number of aromatic nitrogens is 3. The minimum Gasteiger partial charge on any atom is -0.487 e. The van der Waals surface area contributed by atoms with E-state index >= 15 is 0 Å². The minimum absolute atomic E-state index is 0.173. The number of benzene rings is 2. The molecule has 8 heteroatoms. The highest BCUT2D eigenvalue weighted by Gasteiger charge is 2.23. The third-order valence-corrected chi connectivity index (χ3v) is 7.90. The van der Waals surface area contributed by atoms with Crippen LogP contribution in [0, 0.1) is 0 Å². The molecular formula is C38H41N5O3. The smallest absolute Gasteiger partial charge is 0.323 e. The van der Waals surface area contributed by atoms with E-state index in [0.717, 1.165) is 34.3 Å². The number of amides is 2. The summed E-state index contributed by atoms with van der Waals surface area (Å²) >= 11 is 0. The molecule has 0 radical (unpaired) electrons. The van der Waals surface area contributed by atoms with Crippen molar-refractivity contribution in [2.45, 2.75) is 65.5 Å². The van der Waals surface area contributed by atoms with Crippen LogP contribution in [0.3, 0.4) is 0 Å². The summed E-state index contributed by atoms with van der Waals surface area (Å²) in [5, 5.41) is 6.82. The molecule has 8 nitrogen and oxygen atoms in total. The largest absolute Gasteiger partial charge is 0.487 e. The van der Waals surface area contributed by atoms with Gasteiger partial charge in [-0.05, 0) is 77.8 Å². The zero-order valence-electron chi connectivity index (χ0n) is 26.9. The molecule has 0 bridgehead atoms.